The molecule has 0 aliphatic carbocycles. The summed E-state index contributed by atoms with van der Waals surface area (Å²) in [4.78, 5) is 20.2. The fraction of sp³-hybridized carbons (Fsp3) is 0.250. The van der Waals surface area contributed by atoms with E-state index in [-0.39, 0.29) is 17.6 Å². The zero-order chi connectivity index (χ0) is 11.4. The molecule has 0 spiro atoms. The lowest BCUT2D eigenvalue weighted by atomic mass is 10.3. The first-order valence-electron chi connectivity index (χ1n) is 4.06. The van der Waals surface area contributed by atoms with Crippen molar-refractivity contribution in [3.63, 3.8) is 0 Å². The van der Waals surface area contributed by atoms with Gasteiger partial charge in [0.2, 0.25) is 5.91 Å². The SMILES string of the molecule is CC(=O)N/N=C(/C)c1ccc([N+](=O)[O-])o1. The van der Waals surface area contributed by atoms with Crippen LogP contribution in [0, 0.1) is 10.1 Å². The second-order valence-corrected chi connectivity index (χ2v) is 2.76. The lowest BCUT2D eigenvalue weighted by Crippen LogP contribution is -2.14. The quantitative estimate of drug-likeness (QED) is 0.459. The first kappa shape index (κ1) is 10.9. The minimum atomic E-state index is -0.644. The zero-order valence-corrected chi connectivity index (χ0v) is 8.18. The Hall–Kier alpha value is -2.18. The number of amides is 1. The van der Waals surface area contributed by atoms with Gasteiger partial charge in [-0.1, -0.05) is 0 Å². The molecular formula is C8H9N3O4. The highest BCUT2D eigenvalue weighted by atomic mass is 16.6. The molecule has 0 aliphatic heterocycles. The van der Waals surface area contributed by atoms with Crippen LogP contribution in [-0.4, -0.2) is 16.5 Å². The highest BCUT2D eigenvalue weighted by Gasteiger charge is 2.13. The summed E-state index contributed by atoms with van der Waals surface area (Å²) in [5.74, 6) is -0.437. The minimum Gasteiger partial charge on any atom is -0.399 e. The topological polar surface area (TPSA) is 97.7 Å². The third-order valence-corrected chi connectivity index (χ3v) is 1.51. The maximum atomic E-state index is 10.5. The largest absolute Gasteiger partial charge is 0.433 e. The molecule has 0 aromatic carbocycles. The van der Waals surface area contributed by atoms with Gasteiger partial charge in [-0.15, -0.1) is 0 Å². The second kappa shape index (κ2) is 4.36. The van der Waals surface area contributed by atoms with Gasteiger partial charge in [-0.2, -0.15) is 5.10 Å². The van der Waals surface area contributed by atoms with E-state index in [9.17, 15) is 14.9 Å². The van der Waals surface area contributed by atoms with Gasteiger partial charge in [0.25, 0.3) is 0 Å². The average molecular weight is 211 g/mol. The van der Waals surface area contributed by atoms with Gasteiger partial charge >= 0.3 is 5.88 Å². The van der Waals surface area contributed by atoms with Crippen molar-refractivity contribution in [1.82, 2.24) is 5.43 Å². The lowest BCUT2D eigenvalue weighted by Gasteiger charge is -1.95. The Labute approximate surface area is 84.9 Å². The highest BCUT2D eigenvalue weighted by molar-refractivity contribution is 5.96. The van der Waals surface area contributed by atoms with Crippen LogP contribution in [-0.2, 0) is 4.79 Å². The smallest absolute Gasteiger partial charge is 0.399 e. The summed E-state index contributed by atoms with van der Waals surface area (Å²) in [7, 11) is 0. The number of hydrogen-bond donors (Lipinski definition) is 1. The predicted molar refractivity (Wildman–Crippen MR) is 51.4 cm³/mol. The summed E-state index contributed by atoms with van der Waals surface area (Å²) in [6, 6.07) is 2.64. The Kier molecular flexibility index (Phi) is 3.17. The van der Waals surface area contributed by atoms with Crippen LogP contribution in [0.25, 0.3) is 0 Å². The van der Waals surface area contributed by atoms with Crippen molar-refractivity contribution in [2.24, 2.45) is 5.10 Å². The number of hydrogen-bond acceptors (Lipinski definition) is 5. The number of rotatable bonds is 3. The highest BCUT2D eigenvalue weighted by Crippen LogP contribution is 2.15. The minimum absolute atomic E-state index is 0.246. The number of hydrazone groups is 1. The molecule has 1 aromatic heterocycles. The van der Waals surface area contributed by atoms with Gasteiger partial charge in [-0.05, 0) is 13.0 Å². The van der Waals surface area contributed by atoms with Crippen LogP contribution in [0.2, 0.25) is 0 Å². The van der Waals surface area contributed by atoms with Crippen LogP contribution < -0.4 is 5.43 Å². The molecule has 80 valence electrons. The average Bonchev–Trinajstić information content (AvgIpc) is 2.62. The molecule has 15 heavy (non-hydrogen) atoms. The summed E-state index contributed by atoms with van der Waals surface area (Å²) < 4.78 is 4.86. The molecule has 7 heteroatoms. The summed E-state index contributed by atoms with van der Waals surface area (Å²) >= 11 is 0. The molecule has 1 rings (SSSR count). The summed E-state index contributed by atoms with van der Waals surface area (Å²) in [6.45, 7) is 2.87. The van der Waals surface area contributed by atoms with Crippen LogP contribution in [0.5, 0.6) is 0 Å². The molecule has 1 aromatic rings. The van der Waals surface area contributed by atoms with E-state index in [2.05, 4.69) is 10.5 Å². The fourth-order valence-corrected chi connectivity index (χ4v) is 0.838. The van der Waals surface area contributed by atoms with E-state index in [1.807, 2.05) is 0 Å². The van der Waals surface area contributed by atoms with Gasteiger partial charge in [0.1, 0.15) is 10.6 Å². The Morgan fingerprint density at radius 1 is 1.53 bits per heavy atom. The molecule has 0 radical (unpaired) electrons. The lowest BCUT2D eigenvalue weighted by molar-refractivity contribution is -0.402. The summed E-state index contributed by atoms with van der Waals surface area (Å²) in [5, 5.41) is 14.0. The van der Waals surface area contributed by atoms with Gasteiger partial charge in [-0.3, -0.25) is 14.9 Å². The predicted octanol–water partition coefficient (Wildman–Crippen LogP) is 1.05. The van der Waals surface area contributed by atoms with Crippen molar-refractivity contribution in [3.8, 4) is 0 Å². The molecule has 1 heterocycles. The molecule has 0 atom stereocenters. The number of furan rings is 1. The molecular weight excluding hydrogens is 202 g/mol. The van der Waals surface area contributed by atoms with E-state index in [1.165, 1.54) is 19.1 Å². The van der Waals surface area contributed by atoms with E-state index >= 15 is 0 Å². The van der Waals surface area contributed by atoms with Gasteiger partial charge in [0.15, 0.2) is 5.76 Å². The summed E-state index contributed by atoms with van der Waals surface area (Å²) in [5.41, 5.74) is 2.56. The van der Waals surface area contributed by atoms with Gasteiger partial charge in [0, 0.05) is 6.92 Å². The molecule has 0 saturated carbocycles. The molecule has 0 unspecified atom stereocenters. The first-order valence-corrected chi connectivity index (χ1v) is 4.06. The van der Waals surface area contributed by atoms with Crippen molar-refractivity contribution in [2.45, 2.75) is 13.8 Å². The van der Waals surface area contributed by atoms with E-state index in [0.717, 1.165) is 0 Å². The molecule has 0 aliphatic rings. The fourth-order valence-electron chi connectivity index (χ4n) is 0.838. The molecule has 0 saturated heterocycles. The van der Waals surface area contributed by atoms with E-state index in [1.54, 1.807) is 6.92 Å². The van der Waals surface area contributed by atoms with E-state index < -0.39 is 4.92 Å². The van der Waals surface area contributed by atoms with Crippen LogP contribution in [0.1, 0.15) is 19.6 Å². The zero-order valence-electron chi connectivity index (χ0n) is 8.18. The third-order valence-electron chi connectivity index (χ3n) is 1.51. The van der Waals surface area contributed by atoms with Crippen LogP contribution >= 0.6 is 0 Å². The maximum Gasteiger partial charge on any atom is 0.433 e. The first-order chi connectivity index (χ1) is 7.00. The van der Waals surface area contributed by atoms with Crippen molar-refractivity contribution in [3.05, 3.63) is 28.0 Å². The summed E-state index contributed by atoms with van der Waals surface area (Å²) in [6.07, 6.45) is 0. The molecule has 1 N–H and O–H groups in total. The van der Waals surface area contributed by atoms with Crippen molar-refractivity contribution < 1.29 is 14.1 Å². The van der Waals surface area contributed by atoms with E-state index in [4.69, 9.17) is 4.42 Å². The number of carbonyl (C=O) groups is 1. The second-order valence-electron chi connectivity index (χ2n) is 2.76. The van der Waals surface area contributed by atoms with Crippen molar-refractivity contribution in [1.29, 1.82) is 0 Å². The number of nitro groups is 1. The Bertz CT molecular complexity index is 421. The molecule has 7 nitrogen and oxygen atoms in total. The Balaban J connectivity index is 2.82. The number of nitrogens with zero attached hydrogens (tertiary/aromatic N) is 2. The normalized spacial score (nSPS) is 11.2. The van der Waals surface area contributed by atoms with Crippen molar-refractivity contribution in [2.75, 3.05) is 0 Å². The number of nitrogens with one attached hydrogen (secondary N) is 1. The molecule has 0 bridgehead atoms. The molecule has 1 amide bonds. The monoisotopic (exact) mass is 211 g/mol. The Morgan fingerprint density at radius 2 is 2.20 bits per heavy atom. The Morgan fingerprint density at radius 3 is 2.67 bits per heavy atom. The van der Waals surface area contributed by atoms with Crippen LogP contribution in [0.15, 0.2) is 21.7 Å². The standard InChI is InChI=1S/C8H9N3O4/c1-5(9-10-6(2)12)7-3-4-8(15-7)11(13)14/h3-4H,1-2H3,(H,10,12)/b9-5-. The van der Waals surface area contributed by atoms with Crippen LogP contribution in [0.3, 0.4) is 0 Å². The maximum absolute atomic E-state index is 10.5. The van der Waals surface area contributed by atoms with Gasteiger partial charge < -0.3 is 4.42 Å². The van der Waals surface area contributed by atoms with Crippen LogP contribution in [0.4, 0.5) is 5.88 Å². The van der Waals surface area contributed by atoms with E-state index in [0.29, 0.717) is 5.71 Å². The van der Waals surface area contributed by atoms with Crippen molar-refractivity contribution >= 4 is 17.5 Å². The number of carbonyl (C=O) groups excluding carboxylic acids is 1. The van der Waals surface area contributed by atoms with Gasteiger partial charge in [-0.25, -0.2) is 5.43 Å². The van der Waals surface area contributed by atoms with Gasteiger partial charge in [0.05, 0.1) is 6.07 Å². The third kappa shape index (κ3) is 2.90. The molecule has 0 fully saturated rings.